The van der Waals surface area contributed by atoms with E-state index in [0.29, 0.717) is 0 Å². The predicted octanol–water partition coefficient (Wildman–Crippen LogP) is 19.8. The molecule has 0 N–H and O–H groups in total. The first-order chi connectivity index (χ1) is 34.3. The van der Waals surface area contributed by atoms with Gasteiger partial charge in [0.05, 0.1) is 0 Å². The quantitative estimate of drug-likeness (QED) is 0.128. The molecule has 0 spiro atoms. The first-order valence-electron chi connectivity index (χ1n) is 25.5. The molecular formula is C68H64N2. The third-order valence-corrected chi connectivity index (χ3v) is 14.3. The van der Waals surface area contributed by atoms with Gasteiger partial charge in [-0.05, 0) is 178 Å². The molecule has 3 aliphatic carbocycles. The van der Waals surface area contributed by atoms with E-state index >= 15 is 0 Å². The Kier molecular flexibility index (Phi) is 13.5. The van der Waals surface area contributed by atoms with Gasteiger partial charge >= 0.3 is 0 Å². The van der Waals surface area contributed by atoms with Gasteiger partial charge in [0.2, 0.25) is 0 Å². The van der Waals surface area contributed by atoms with E-state index in [4.69, 9.17) is 0 Å². The van der Waals surface area contributed by atoms with Gasteiger partial charge in [-0.15, -0.1) is 0 Å². The zero-order valence-electron chi connectivity index (χ0n) is 41.5. The molecule has 2 heteroatoms. The summed E-state index contributed by atoms with van der Waals surface area (Å²) in [5.41, 5.74) is 23.1. The van der Waals surface area contributed by atoms with E-state index < -0.39 is 0 Å². The van der Waals surface area contributed by atoms with Crippen LogP contribution in [0.4, 0.5) is 34.1 Å². The summed E-state index contributed by atoms with van der Waals surface area (Å²) >= 11 is 0. The molecule has 0 unspecified atom stereocenters. The molecule has 0 fully saturated rings. The second-order valence-electron chi connectivity index (χ2n) is 19.5. The summed E-state index contributed by atoms with van der Waals surface area (Å²) < 4.78 is 0. The van der Waals surface area contributed by atoms with Crippen molar-refractivity contribution < 1.29 is 0 Å². The van der Waals surface area contributed by atoms with Crippen LogP contribution in [0, 0.1) is 6.92 Å². The van der Waals surface area contributed by atoms with Crippen LogP contribution < -0.4 is 9.80 Å². The standard InChI is InChI=1S/C64H54N2.C4H10/c1-45-14-13-21-57(42-45)66(56-36-32-53(33-37-56)51-28-24-49(25-29-51)47-17-9-5-10-18-47)59-39-41-61-60-40-38-58(43-62(60)64(2,3)63(61)44-59)65(54-19-11-6-12-20-54)55-34-30-52(31-35-55)50-26-22-48(23-27-50)46-15-7-4-8-16-46;1-3-4-2/h6-7,9,11-44H,4-5,8,10H2,1-3H3;3-4H2,1-2H3. The van der Waals surface area contributed by atoms with Gasteiger partial charge < -0.3 is 9.80 Å². The van der Waals surface area contributed by atoms with Crippen molar-refractivity contribution in [3.8, 4) is 33.4 Å². The average Bonchev–Trinajstić information content (AvgIpc) is 3.64. The molecule has 11 rings (SSSR count). The highest BCUT2D eigenvalue weighted by Crippen LogP contribution is 2.52. The van der Waals surface area contributed by atoms with Crippen molar-refractivity contribution in [1.82, 2.24) is 0 Å². The van der Waals surface area contributed by atoms with Gasteiger partial charge in [0.25, 0.3) is 0 Å². The Labute approximate surface area is 417 Å². The number of fused-ring (bicyclic) bond motifs is 3. The smallest absolute Gasteiger partial charge is 0.0465 e. The number of hydrogen-bond acceptors (Lipinski definition) is 2. The lowest BCUT2D eigenvalue weighted by atomic mass is 9.82. The van der Waals surface area contributed by atoms with Gasteiger partial charge in [0.1, 0.15) is 0 Å². The Morgan fingerprint density at radius 1 is 0.371 bits per heavy atom. The largest absolute Gasteiger partial charge is 0.310 e. The highest BCUT2D eigenvalue weighted by molar-refractivity contribution is 5.89. The maximum absolute atomic E-state index is 2.43. The molecule has 0 aliphatic heterocycles. The van der Waals surface area contributed by atoms with E-state index in [0.717, 1.165) is 59.8 Å². The van der Waals surface area contributed by atoms with Crippen molar-refractivity contribution in [2.75, 3.05) is 9.80 Å². The van der Waals surface area contributed by atoms with Crippen molar-refractivity contribution in [3.63, 3.8) is 0 Å². The molecule has 0 aromatic heterocycles. The van der Waals surface area contributed by atoms with Gasteiger partial charge in [0, 0.05) is 39.5 Å². The monoisotopic (exact) mass is 909 g/mol. The Morgan fingerprint density at radius 3 is 1.16 bits per heavy atom. The fourth-order valence-electron chi connectivity index (χ4n) is 10.2. The number of hydrogen-bond donors (Lipinski definition) is 0. The van der Waals surface area contributed by atoms with Gasteiger partial charge in [-0.25, -0.2) is 0 Å². The summed E-state index contributed by atoms with van der Waals surface area (Å²) in [5, 5.41) is 0. The Morgan fingerprint density at radius 2 is 0.743 bits per heavy atom. The van der Waals surface area contributed by atoms with Crippen LogP contribution in [0.1, 0.15) is 94.0 Å². The van der Waals surface area contributed by atoms with Crippen LogP contribution in [0.3, 0.4) is 0 Å². The molecule has 70 heavy (non-hydrogen) atoms. The number of allylic oxidation sites excluding steroid dienone is 8. The summed E-state index contributed by atoms with van der Waals surface area (Å²) in [6.45, 7) is 11.3. The van der Waals surface area contributed by atoms with Crippen molar-refractivity contribution in [3.05, 3.63) is 252 Å². The fourth-order valence-corrected chi connectivity index (χ4v) is 10.2. The van der Waals surface area contributed by atoms with Gasteiger partial charge in [0.15, 0.2) is 0 Å². The summed E-state index contributed by atoms with van der Waals surface area (Å²) in [6, 6.07) is 69.9. The van der Waals surface area contributed by atoms with Crippen LogP contribution in [-0.4, -0.2) is 0 Å². The van der Waals surface area contributed by atoms with Crippen molar-refractivity contribution >= 4 is 45.3 Å². The Balaban J connectivity index is 0.00000137. The van der Waals surface area contributed by atoms with E-state index in [9.17, 15) is 0 Å². The number of benzene rings is 8. The Bertz CT molecular complexity index is 3220. The van der Waals surface area contributed by atoms with E-state index in [-0.39, 0.29) is 5.41 Å². The van der Waals surface area contributed by atoms with Gasteiger partial charge in [-0.1, -0.05) is 192 Å². The number of aryl methyl sites for hydroxylation is 1. The molecule has 8 aromatic rings. The zero-order chi connectivity index (χ0) is 48.0. The van der Waals surface area contributed by atoms with Gasteiger partial charge in [-0.3, -0.25) is 0 Å². The molecule has 0 amide bonds. The maximum Gasteiger partial charge on any atom is 0.0465 e. The maximum atomic E-state index is 2.43. The summed E-state index contributed by atoms with van der Waals surface area (Å²) in [4.78, 5) is 4.80. The molecule has 0 heterocycles. The fraction of sp³-hybridized carbons (Fsp3) is 0.176. The first-order valence-corrected chi connectivity index (χ1v) is 25.5. The normalized spacial score (nSPS) is 14.1. The molecular weight excluding hydrogens is 845 g/mol. The first kappa shape index (κ1) is 46.1. The van der Waals surface area contributed by atoms with Crippen molar-refractivity contribution in [1.29, 1.82) is 0 Å². The lowest BCUT2D eigenvalue weighted by molar-refractivity contribution is 0.660. The van der Waals surface area contributed by atoms with E-state index in [1.807, 2.05) is 0 Å². The third-order valence-electron chi connectivity index (χ3n) is 14.3. The van der Waals surface area contributed by atoms with Crippen LogP contribution in [-0.2, 0) is 5.41 Å². The molecule has 0 bridgehead atoms. The zero-order valence-corrected chi connectivity index (χ0v) is 41.5. The van der Waals surface area contributed by atoms with Gasteiger partial charge in [-0.2, -0.15) is 0 Å². The molecule has 0 radical (unpaired) electrons. The summed E-state index contributed by atoms with van der Waals surface area (Å²) in [7, 11) is 0. The van der Waals surface area contributed by atoms with E-state index in [2.05, 4.69) is 269 Å². The van der Waals surface area contributed by atoms with Crippen molar-refractivity contribution in [2.24, 2.45) is 0 Å². The molecule has 346 valence electrons. The van der Waals surface area contributed by atoms with Crippen LogP contribution in [0.2, 0.25) is 0 Å². The third kappa shape index (κ3) is 9.52. The SMILES string of the molecule is CCCC.Cc1cccc(N(c2ccc(-c3ccc(C4=CCCC=C4)cc3)cc2)c2ccc3c(c2)C(C)(C)c2cc(N(c4ccccc4)c4ccc(-c5ccc(C6=CCCC=C6)cc5)cc4)ccc2-3)c1. The molecule has 0 atom stereocenters. The van der Waals surface area contributed by atoms with Crippen LogP contribution in [0.5, 0.6) is 0 Å². The minimum Gasteiger partial charge on any atom is -0.310 e. The number of anilines is 6. The molecule has 2 nitrogen and oxygen atoms in total. The summed E-state index contributed by atoms with van der Waals surface area (Å²) in [6.07, 6.45) is 20.8. The number of unbranched alkanes of at least 4 members (excludes halogenated alkanes) is 1. The lowest BCUT2D eigenvalue weighted by Crippen LogP contribution is -2.17. The van der Waals surface area contributed by atoms with E-state index in [1.54, 1.807) is 0 Å². The second kappa shape index (κ2) is 20.5. The number of nitrogens with zero attached hydrogens (tertiary/aromatic N) is 2. The van der Waals surface area contributed by atoms with Crippen LogP contribution >= 0.6 is 0 Å². The Hall–Kier alpha value is -7.68. The average molecular weight is 909 g/mol. The van der Waals surface area contributed by atoms with Crippen LogP contribution in [0.15, 0.2) is 225 Å². The molecule has 0 saturated carbocycles. The molecule has 8 aromatic carbocycles. The molecule has 0 saturated heterocycles. The highest BCUT2D eigenvalue weighted by Gasteiger charge is 2.37. The number of para-hydroxylation sites is 1. The molecule has 3 aliphatic rings. The minimum absolute atomic E-state index is 0.240. The van der Waals surface area contributed by atoms with Crippen LogP contribution in [0.25, 0.3) is 44.5 Å². The lowest BCUT2D eigenvalue weighted by Gasteiger charge is -2.29. The highest BCUT2D eigenvalue weighted by atomic mass is 15.1. The minimum atomic E-state index is -0.240. The van der Waals surface area contributed by atoms with Crippen molar-refractivity contribution in [2.45, 2.75) is 78.6 Å². The number of rotatable bonds is 11. The topological polar surface area (TPSA) is 6.48 Å². The van der Waals surface area contributed by atoms with E-state index in [1.165, 1.54) is 85.2 Å². The second-order valence-corrected chi connectivity index (χ2v) is 19.5. The summed E-state index contributed by atoms with van der Waals surface area (Å²) in [5.74, 6) is 0. The predicted molar refractivity (Wildman–Crippen MR) is 302 cm³/mol.